The number of halogens is 1. The third-order valence-corrected chi connectivity index (χ3v) is 4.98. The van der Waals surface area contributed by atoms with E-state index >= 15 is 0 Å². The topological polar surface area (TPSA) is 15.3 Å². The molecule has 2 fully saturated rings. The summed E-state index contributed by atoms with van der Waals surface area (Å²) in [6.07, 6.45) is 5.02. The molecule has 0 heterocycles. The predicted octanol–water partition coefficient (Wildman–Crippen LogP) is 3.14. The first-order valence-corrected chi connectivity index (χ1v) is 7.84. The molecule has 20 heavy (non-hydrogen) atoms. The molecular weight excluding hydrogens is 251 g/mol. The fraction of sp³-hybridized carbons (Fsp3) is 0.647. The van der Waals surface area contributed by atoms with Crippen molar-refractivity contribution in [3.63, 3.8) is 0 Å². The minimum absolute atomic E-state index is 0.112. The second kappa shape index (κ2) is 5.82. The fourth-order valence-corrected chi connectivity index (χ4v) is 3.14. The van der Waals surface area contributed by atoms with Gasteiger partial charge in [0.25, 0.3) is 0 Å². The summed E-state index contributed by atoms with van der Waals surface area (Å²) in [5.41, 5.74) is 1.16. The quantitative estimate of drug-likeness (QED) is 0.858. The van der Waals surface area contributed by atoms with Gasteiger partial charge in [-0.25, -0.2) is 4.39 Å². The van der Waals surface area contributed by atoms with Crippen molar-refractivity contribution in [2.24, 2.45) is 0 Å². The number of nitrogens with zero attached hydrogens (tertiary/aromatic N) is 1. The van der Waals surface area contributed by atoms with Crippen LogP contribution < -0.4 is 5.32 Å². The maximum absolute atomic E-state index is 13.2. The molecule has 1 N–H and O–H groups in total. The second-order valence-corrected chi connectivity index (χ2v) is 6.57. The monoisotopic (exact) mass is 276 g/mol. The van der Waals surface area contributed by atoms with E-state index in [-0.39, 0.29) is 5.82 Å². The lowest BCUT2D eigenvalue weighted by atomic mass is 9.76. The van der Waals surface area contributed by atoms with Gasteiger partial charge in [-0.2, -0.15) is 0 Å². The van der Waals surface area contributed by atoms with Gasteiger partial charge in [-0.1, -0.05) is 12.1 Å². The van der Waals surface area contributed by atoms with Gasteiger partial charge in [0.1, 0.15) is 5.82 Å². The number of rotatable bonds is 6. The molecule has 1 atom stereocenters. The maximum atomic E-state index is 13.2. The molecule has 3 heteroatoms. The zero-order valence-corrected chi connectivity index (χ0v) is 12.5. The Labute approximate surface area is 121 Å². The largest absolute Gasteiger partial charge is 0.312 e. The molecule has 0 spiro atoms. The van der Waals surface area contributed by atoms with Crippen LogP contribution in [0.2, 0.25) is 0 Å². The third-order valence-electron chi connectivity index (χ3n) is 4.98. The normalized spacial score (nSPS) is 27.4. The molecule has 0 radical (unpaired) electrons. The lowest BCUT2D eigenvalue weighted by Gasteiger charge is -2.38. The molecule has 3 rings (SSSR count). The first-order valence-electron chi connectivity index (χ1n) is 7.84. The lowest BCUT2D eigenvalue weighted by Crippen LogP contribution is -2.46. The van der Waals surface area contributed by atoms with Crippen molar-refractivity contribution in [3.05, 3.63) is 35.6 Å². The van der Waals surface area contributed by atoms with Gasteiger partial charge in [-0.05, 0) is 63.3 Å². The average molecular weight is 276 g/mol. The van der Waals surface area contributed by atoms with E-state index in [0.717, 1.165) is 31.0 Å². The molecule has 0 bridgehead atoms. The van der Waals surface area contributed by atoms with Crippen LogP contribution in [0, 0.1) is 5.82 Å². The molecule has 2 aliphatic rings. The zero-order valence-electron chi connectivity index (χ0n) is 12.5. The van der Waals surface area contributed by atoms with E-state index in [9.17, 15) is 4.39 Å². The number of likely N-dealkylation sites (N-methyl/N-ethyl adjacent to an activating group) is 1. The van der Waals surface area contributed by atoms with Gasteiger partial charge in [0.15, 0.2) is 0 Å². The molecule has 1 aromatic rings. The molecular formula is C17H25FN2. The van der Waals surface area contributed by atoms with E-state index in [0.29, 0.717) is 18.0 Å². The highest BCUT2D eigenvalue weighted by molar-refractivity contribution is 5.23. The van der Waals surface area contributed by atoms with E-state index in [2.05, 4.69) is 24.2 Å². The second-order valence-electron chi connectivity index (χ2n) is 6.57. The van der Waals surface area contributed by atoms with Crippen LogP contribution in [0.1, 0.15) is 44.1 Å². The number of nitrogens with one attached hydrogen (secondary N) is 1. The molecule has 0 saturated heterocycles. The van der Waals surface area contributed by atoms with Crippen molar-refractivity contribution >= 4 is 0 Å². The molecule has 1 unspecified atom stereocenters. The van der Waals surface area contributed by atoms with Crippen molar-refractivity contribution < 1.29 is 4.39 Å². The van der Waals surface area contributed by atoms with Gasteiger partial charge < -0.3 is 5.32 Å². The Balaban J connectivity index is 1.40. The van der Waals surface area contributed by atoms with Gasteiger partial charge in [-0.3, -0.25) is 4.90 Å². The summed E-state index contributed by atoms with van der Waals surface area (Å²) in [5.74, 6) is 0.429. The summed E-state index contributed by atoms with van der Waals surface area (Å²) < 4.78 is 13.2. The highest BCUT2D eigenvalue weighted by Gasteiger charge is 2.32. The van der Waals surface area contributed by atoms with E-state index in [4.69, 9.17) is 0 Å². The molecule has 0 amide bonds. The highest BCUT2D eigenvalue weighted by Crippen LogP contribution is 2.37. The predicted molar refractivity (Wildman–Crippen MR) is 80.4 cm³/mol. The van der Waals surface area contributed by atoms with Crippen molar-refractivity contribution in [2.45, 2.75) is 56.7 Å². The van der Waals surface area contributed by atoms with Crippen LogP contribution >= 0.6 is 0 Å². The summed E-state index contributed by atoms with van der Waals surface area (Å²) in [6.45, 7) is 3.36. The van der Waals surface area contributed by atoms with Crippen molar-refractivity contribution in [1.29, 1.82) is 0 Å². The van der Waals surface area contributed by atoms with Crippen LogP contribution in [0.5, 0.6) is 0 Å². The zero-order chi connectivity index (χ0) is 14.1. The molecule has 2 nitrogen and oxygen atoms in total. The van der Waals surface area contributed by atoms with Crippen LogP contribution in [-0.4, -0.2) is 36.6 Å². The Morgan fingerprint density at radius 1 is 1.35 bits per heavy atom. The summed E-state index contributed by atoms with van der Waals surface area (Å²) in [6, 6.07) is 9.12. The summed E-state index contributed by atoms with van der Waals surface area (Å²) in [5, 5.41) is 3.66. The Kier molecular flexibility index (Phi) is 4.08. The van der Waals surface area contributed by atoms with Crippen molar-refractivity contribution in [3.8, 4) is 0 Å². The molecule has 110 valence electrons. The minimum Gasteiger partial charge on any atom is -0.312 e. The summed E-state index contributed by atoms with van der Waals surface area (Å²) in [4.78, 5) is 2.50. The van der Waals surface area contributed by atoms with E-state index in [1.54, 1.807) is 6.07 Å². The van der Waals surface area contributed by atoms with Crippen LogP contribution in [-0.2, 0) is 0 Å². The Morgan fingerprint density at radius 3 is 2.75 bits per heavy atom. The van der Waals surface area contributed by atoms with Gasteiger partial charge in [0.05, 0.1) is 0 Å². The Morgan fingerprint density at radius 2 is 2.10 bits per heavy atom. The summed E-state index contributed by atoms with van der Waals surface area (Å²) >= 11 is 0. The molecule has 0 aliphatic heterocycles. The van der Waals surface area contributed by atoms with Gasteiger partial charge in [0, 0.05) is 24.7 Å². The Bertz CT molecular complexity index is 452. The highest BCUT2D eigenvalue weighted by atomic mass is 19.1. The van der Waals surface area contributed by atoms with E-state index in [1.165, 1.54) is 18.9 Å². The summed E-state index contributed by atoms with van der Waals surface area (Å²) in [7, 11) is 2.24. The van der Waals surface area contributed by atoms with Gasteiger partial charge >= 0.3 is 0 Å². The van der Waals surface area contributed by atoms with Crippen molar-refractivity contribution in [2.75, 3.05) is 13.6 Å². The molecule has 0 aromatic heterocycles. The van der Waals surface area contributed by atoms with Gasteiger partial charge in [-0.15, -0.1) is 0 Å². The van der Waals surface area contributed by atoms with Crippen LogP contribution in [0.3, 0.4) is 0 Å². The molecule has 2 aliphatic carbocycles. The maximum Gasteiger partial charge on any atom is 0.123 e. The average Bonchev–Trinajstić information content (AvgIpc) is 3.20. The van der Waals surface area contributed by atoms with Gasteiger partial charge in [0.2, 0.25) is 0 Å². The lowest BCUT2D eigenvalue weighted by molar-refractivity contribution is 0.213. The smallest absolute Gasteiger partial charge is 0.123 e. The third kappa shape index (κ3) is 3.21. The van der Waals surface area contributed by atoms with Crippen LogP contribution in [0.25, 0.3) is 0 Å². The van der Waals surface area contributed by atoms with E-state index in [1.807, 2.05) is 12.1 Å². The molecule has 2 saturated carbocycles. The standard InChI is InChI=1S/C17H25FN2/c1-12(20(2)17-6-7-17)11-19-16-9-14(10-16)13-4-3-5-15(18)8-13/h3-5,8,12,14,16-17,19H,6-7,9-11H2,1-2H3. The van der Waals surface area contributed by atoms with Crippen molar-refractivity contribution in [1.82, 2.24) is 10.2 Å². The fourth-order valence-electron chi connectivity index (χ4n) is 3.14. The van der Waals surface area contributed by atoms with Crippen LogP contribution in [0.15, 0.2) is 24.3 Å². The SMILES string of the molecule is CC(CNC1CC(c2cccc(F)c2)C1)N(C)C1CC1. The van der Waals surface area contributed by atoms with E-state index < -0.39 is 0 Å². The first kappa shape index (κ1) is 14.0. The first-order chi connectivity index (χ1) is 9.63. The number of hydrogen-bond acceptors (Lipinski definition) is 2. The van der Waals surface area contributed by atoms with Crippen LogP contribution in [0.4, 0.5) is 4.39 Å². The number of benzene rings is 1. The minimum atomic E-state index is -0.112. The molecule has 1 aromatic carbocycles. The Hall–Kier alpha value is -0.930. The number of hydrogen-bond donors (Lipinski definition) is 1.